The molecule has 0 aromatic heterocycles. The van der Waals surface area contributed by atoms with Gasteiger partial charge in [0.05, 0.1) is 0 Å². The van der Waals surface area contributed by atoms with Crippen LogP contribution >= 0.6 is 15.9 Å². The van der Waals surface area contributed by atoms with E-state index in [1.807, 2.05) is 24.3 Å². The zero-order chi connectivity index (χ0) is 13.9. The van der Waals surface area contributed by atoms with Crippen molar-refractivity contribution in [2.75, 3.05) is 25.1 Å². The maximum absolute atomic E-state index is 11.6. The number of unbranched alkanes of at least 4 members (excludes halogenated alkanes) is 1. The van der Waals surface area contributed by atoms with E-state index < -0.39 is 0 Å². The lowest BCUT2D eigenvalue weighted by molar-refractivity contribution is 0.129. The quantitative estimate of drug-likeness (QED) is 0.713. The van der Waals surface area contributed by atoms with E-state index in [2.05, 4.69) is 33.5 Å². The molecule has 0 radical (unpaired) electrons. The maximum atomic E-state index is 11.6. The van der Waals surface area contributed by atoms with Crippen molar-refractivity contribution in [3.05, 3.63) is 28.7 Å². The Kier molecular flexibility index (Phi) is 8.25. The first-order chi connectivity index (χ1) is 9.22. The minimum Gasteiger partial charge on any atom is -0.381 e. The van der Waals surface area contributed by atoms with Crippen LogP contribution in [0.5, 0.6) is 0 Å². The standard InChI is InChI=1S/C14H21BrN2O2/c1-2-3-10-19-11-4-9-16-14(18)17-13-7-5-12(15)6-8-13/h5-8H,2-4,9-11H2,1H3,(H2,16,17,18). The summed E-state index contributed by atoms with van der Waals surface area (Å²) >= 11 is 3.35. The van der Waals surface area contributed by atoms with Gasteiger partial charge in [-0.1, -0.05) is 29.3 Å². The molecule has 1 aromatic carbocycles. The molecule has 1 aromatic rings. The second-order valence-corrected chi connectivity index (χ2v) is 5.12. The summed E-state index contributed by atoms with van der Waals surface area (Å²) in [4.78, 5) is 11.6. The molecule has 106 valence electrons. The number of carbonyl (C=O) groups excluding carboxylic acids is 1. The zero-order valence-electron chi connectivity index (χ0n) is 11.2. The molecule has 0 bridgehead atoms. The number of rotatable bonds is 8. The van der Waals surface area contributed by atoms with E-state index in [1.165, 1.54) is 0 Å². The van der Waals surface area contributed by atoms with Crippen molar-refractivity contribution in [3.8, 4) is 0 Å². The minimum absolute atomic E-state index is 0.184. The highest BCUT2D eigenvalue weighted by molar-refractivity contribution is 9.10. The number of urea groups is 1. The van der Waals surface area contributed by atoms with Gasteiger partial charge in [-0.25, -0.2) is 4.79 Å². The average molecular weight is 329 g/mol. The fourth-order valence-corrected chi connectivity index (χ4v) is 1.70. The smallest absolute Gasteiger partial charge is 0.319 e. The number of ether oxygens (including phenoxy) is 1. The SMILES string of the molecule is CCCCOCCCNC(=O)Nc1ccc(Br)cc1. The third-order valence-electron chi connectivity index (χ3n) is 2.50. The Morgan fingerprint density at radius 3 is 2.58 bits per heavy atom. The van der Waals surface area contributed by atoms with Crippen LogP contribution in [0.15, 0.2) is 28.7 Å². The highest BCUT2D eigenvalue weighted by atomic mass is 79.9. The summed E-state index contributed by atoms with van der Waals surface area (Å²) < 4.78 is 6.40. The van der Waals surface area contributed by atoms with E-state index >= 15 is 0 Å². The van der Waals surface area contributed by atoms with Gasteiger partial charge in [0.25, 0.3) is 0 Å². The lowest BCUT2D eigenvalue weighted by atomic mass is 10.3. The molecule has 1 rings (SSSR count). The molecule has 2 N–H and O–H groups in total. The summed E-state index contributed by atoms with van der Waals surface area (Å²) in [6.45, 7) is 4.26. The van der Waals surface area contributed by atoms with Crippen LogP contribution in [-0.4, -0.2) is 25.8 Å². The monoisotopic (exact) mass is 328 g/mol. The van der Waals surface area contributed by atoms with Crippen molar-refractivity contribution in [2.45, 2.75) is 26.2 Å². The Morgan fingerprint density at radius 1 is 1.21 bits per heavy atom. The molecule has 0 aliphatic carbocycles. The highest BCUT2D eigenvalue weighted by Gasteiger charge is 2.00. The van der Waals surface area contributed by atoms with Gasteiger partial charge in [0, 0.05) is 29.9 Å². The summed E-state index contributed by atoms with van der Waals surface area (Å²) in [6, 6.07) is 7.28. The van der Waals surface area contributed by atoms with Gasteiger partial charge in [-0.2, -0.15) is 0 Å². The molecule has 0 saturated heterocycles. The second kappa shape index (κ2) is 9.81. The maximum Gasteiger partial charge on any atom is 0.319 e. The number of amides is 2. The van der Waals surface area contributed by atoms with Crippen molar-refractivity contribution >= 4 is 27.6 Å². The third-order valence-corrected chi connectivity index (χ3v) is 3.02. The Hall–Kier alpha value is -1.07. The van der Waals surface area contributed by atoms with Crippen molar-refractivity contribution in [3.63, 3.8) is 0 Å². The van der Waals surface area contributed by atoms with E-state index in [-0.39, 0.29) is 6.03 Å². The molecule has 0 atom stereocenters. The van der Waals surface area contributed by atoms with Gasteiger partial charge in [-0.05, 0) is 37.1 Å². The molecule has 19 heavy (non-hydrogen) atoms. The van der Waals surface area contributed by atoms with E-state index in [9.17, 15) is 4.79 Å². The number of benzene rings is 1. The molecule has 0 saturated carbocycles. The van der Waals surface area contributed by atoms with Gasteiger partial charge in [0.15, 0.2) is 0 Å². The lowest BCUT2D eigenvalue weighted by Crippen LogP contribution is -2.30. The van der Waals surface area contributed by atoms with Crippen LogP contribution < -0.4 is 10.6 Å². The summed E-state index contributed by atoms with van der Waals surface area (Å²) in [5, 5.41) is 5.56. The van der Waals surface area contributed by atoms with Crippen LogP contribution in [0.1, 0.15) is 26.2 Å². The van der Waals surface area contributed by atoms with Crippen LogP contribution in [0.4, 0.5) is 10.5 Å². The van der Waals surface area contributed by atoms with Gasteiger partial charge in [0.1, 0.15) is 0 Å². The highest BCUT2D eigenvalue weighted by Crippen LogP contribution is 2.13. The van der Waals surface area contributed by atoms with Crippen LogP contribution in [-0.2, 0) is 4.74 Å². The normalized spacial score (nSPS) is 10.2. The number of nitrogens with one attached hydrogen (secondary N) is 2. The van der Waals surface area contributed by atoms with Crippen LogP contribution in [0.2, 0.25) is 0 Å². The van der Waals surface area contributed by atoms with Gasteiger partial charge < -0.3 is 15.4 Å². The minimum atomic E-state index is -0.184. The Morgan fingerprint density at radius 2 is 1.89 bits per heavy atom. The molecule has 0 spiro atoms. The first-order valence-corrected chi connectivity index (χ1v) is 7.40. The molecule has 0 aliphatic heterocycles. The zero-order valence-corrected chi connectivity index (χ0v) is 12.8. The van der Waals surface area contributed by atoms with Crippen molar-refractivity contribution in [1.29, 1.82) is 0 Å². The predicted molar refractivity (Wildman–Crippen MR) is 81.5 cm³/mol. The number of hydrogen-bond donors (Lipinski definition) is 2. The van der Waals surface area contributed by atoms with Crippen molar-refractivity contribution in [2.24, 2.45) is 0 Å². The summed E-state index contributed by atoms with van der Waals surface area (Å²) in [6.07, 6.45) is 3.07. The molecule has 0 aliphatic rings. The lowest BCUT2D eigenvalue weighted by Gasteiger charge is -2.08. The number of hydrogen-bond acceptors (Lipinski definition) is 2. The molecule has 0 unspecified atom stereocenters. The van der Waals surface area contributed by atoms with Gasteiger partial charge in [-0.15, -0.1) is 0 Å². The number of anilines is 1. The largest absolute Gasteiger partial charge is 0.381 e. The van der Waals surface area contributed by atoms with Gasteiger partial charge in [-0.3, -0.25) is 0 Å². The Labute approximate surface area is 123 Å². The fourth-order valence-electron chi connectivity index (χ4n) is 1.43. The Balaban J connectivity index is 2.06. The fraction of sp³-hybridized carbons (Fsp3) is 0.500. The van der Waals surface area contributed by atoms with E-state index in [1.54, 1.807) is 0 Å². The predicted octanol–water partition coefficient (Wildman–Crippen LogP) is 3.78. The molecular formula is C14H21BrN2O2. The molecule has 0 heterocycles. The Bertz CT molecular complexity index is 368. The second-order valence-electron chi connectivity index (χ2n) is 4.21. The third kappa shape index (κ3) is 7.85. The van der Waals surface area contributed by atoms with E-state index in [0.717, 1.165) is 36.0 Å². The summed E-state index contributed by atoms with van der Waals surface area (Å²) in [7, 11) is 0. The molecule has 2 amide bonds. The molecule has 0 fully saturated rings. The first kappa shape index (κ1) is 16.0. The molecular weight excluding hydrogens is 308 g/mol. The summed E-state index contributed by atoms with van der Waals surface area (Å²) in [5.41, 5.74) is 0.778. The van der Waals surface area contributed by atoms with Crippen LogP contribution in [0, 0.1) is 0 Å². The summed E-state index contributed by atoms with van der Waals surface area (Å²) in [5.74, 6) is 0. The van der Waals surface area contributed by atoms with E-state index in [0.29, 0.717) is 13.2 Å². The topological polar surface area (TPSA) is 50.4 Å². The van der Waals surface area contributed by atoms with Crippen LogP contribution in [0.3, 0.4) is 0 Å². The molecule has 5 heteroatoms. The van der Waals surface area contributed by atoms with Crippen molar-refractivity contribution < 1.29 is 9.53 Å². The number of carbonyl (C=O) groups is 1. The van der Waals surface area contributed by atoms with Crippen molar-refractivity contribution in [1.82, 2.24) is 5.32 Å². The van der Waals surface area contributed by atoms with E-state index in [4.69, 9.17) is 4.74 Å². The number of halogens is 1. The first-order valence-electron chi connectivity index (χ1n) is 6.60. The molecule has 4 nitrogen and oxygen atoms in total. The average Bonchev–Trinajstić information content (AvgIpc) is 2.40. The van der Waals surface area contributed by atoms with Crippen LogP contribution in [0.25, 0.3) is 0 Å². The van der Waals surface area contributed by atoms with Gasteiger partial charge in [0.2, 0.25) is 0 Å². The van der Waals surface area contributed by atoms with Gasteiger partial charge >= 0.3 is 6.03 Å².